The quantitative estimate of drug-likeness (QED) is 0.812. The van der Waals surface area contributed by atoms with E-state index in [1.54, 1.807) is 6.20 Å². The Morgan fingerprint density at radius 1 is 1.58 bits per heavy atom. The molecule has 0 spiro atoms. The Hall–Kier alpha value is -1.09. The summed E-state index contributed by atoms with van der Waals surface area (Å²) in [4.78, 5) is 29.1. The van der Waals surface area contributed by atoms with Crippen molar-refractivity contribution in [3.8, 4) is 0 Å². The molecular weight excluding hydrogens is 368 g/mol. The van der Waals surface area contributed by atoms with Crippen LogP contribution in [0.2, 0.25) is 0 Å². The number of thioether (sulfide) groups is 1. The number of amides is 1. The van der Waals surface area contributed by atoms with E-state index in [1.807, 2.05) is 5.38 Å². The maximum absolute atomic E-state index is 12.0. The van der Waals surface area contributed by atoms with Gasteiger partial charge in [0, 0.05) is 36.0 Å². The summed E-state index contributed by atoms with van der Waals surface area (Å²) in [6.07, 6.45) is 2.81. The molecule has 0 aromatic carbocycles. The van der Waals surface area contributed by atoms with Crippen LogP contribution in [-0.2, 0) is 10.5 Å². The van der Waals surface area contributed by atoms with E-state index >= 15 is 0 Å². The number of aromatic nitrogens is 2. The van der Waals surface area contributed by atoms with Gasteiger partial charge in [-0.05, 0) is 18.9 Å². The smallest absolute Gasteiger partial charge is 0.258 e. The number of thiazole rings is 1. The van der Waals surface area contributed by atoms with Crippen LogP contribution in [0.3, 0.4) is 0 Å². The highest BCUT2D eigenvalue weighted by atomic mass is 35.5. The number of carbonyl (C=O) groups is 1. The van der Waals surface area contributed by atoms with Gasteiger partial charge in [-0.2, -0.15) is 0 Å². The summed E-state index contributed by atoms with van der Waals surface area (Å²) in [6.45, 7) is 4.03. The third-order valence-electron chi connectivity index (χ3n) is 4.01. The first kappa shape index (κ1) is 19.2. The monoisotopic (exact) mass is 388 g/mol. The molecule has 1 amide bonds. The number of carbonyl (C=O) groups excluding carboxylic acids is 1. The number of halogens is 1. The van der Waals surface area contributed by atoms with E-state index in [-0.39, 0.29) is 29.9 Å². The summed E-state index contributed by atoms with van der Waals surface area (Å²) in [7, 11) is 0. The van der Waals surface area contributed by atoms with Crippen LogP contribution in [0, 0.1) is 5.92 Å². The molecule has 0 radical (unpaired) electrons. The van der Waals surface area contributed by atoms with Gasteiger partial charge in [-0.15, -0.1) is 35.5 Å². The lowest BCUT2D eigenvalue weighted by atomic mass is 9.95. The van der Waals surface area contributed by atoms with Crippen molar-refractivity contribution in [3.05, 3.63) is 33.7 Å². The molecule has 0 saturated carbocycles. The van der Waals surface area contributed by atoms with Crippen molar-refractivity contribution in [1.82, 2.24) is 20.0 Å². The van der Waals surface area contributed by atoms with Gasteiger partial charge in [0.2, 0.25) is 5.91 Å². The normalized spacial score (nSPS) is 20.5. The van der Waals surface area contributed by atoms with Gasteiger partial charge in [0.1, 0.15) is 0 Å². The number of piperidine rings is 1. The number of nitrogens with one attached hydrogen (secondary N) is 2. The Morgan fingerprint density at radius 3 is 3.21 bits per heavy atom. The van der Waals surface area contributed by atoms with Crippen molar-refractivity contribution in [1.29, 1.82) is 0 Å². The minimum atomic E-state index is -0.0709. The standard InChI is InChI=1S/C15H20N4O2S2.ClH/c1-10-2-3-16-7-12(10)18-13(20)9-22-8-11-6-14(21)19-4-5-23-15(19)17-11;/h4-6,10,12,16H,2-3,7-9H2,1H3,(H,18,20);1H. The minimum absolute atomic E-state index is 0. The molecule has 0 aliphatic carbocycles. The van der Waals surface area contributed by atoms with Crippen molar-refractivity contribution in [2.75, 3.05) is 18.8 Å². The third-order valence-corrected chi connectivity index (χ3v) is 5.74. The highest BCUT2D eigenvalue weighted by Gasteiger charge is 2.22. The minimum Gasteiger partial charge on any atom is -0.351 e. The zero-order valence-electron chi connectivity index (χ0n) is 13.4. The number of hydrogen-bond acceptors (Lipinski definition) is 6. The van der Waals surface area contributed by atoms with E-state index in [0.717, 1.165) is 25.2 Å². The van der Waals surface area contributed by atoms with E-state index < -0.39 is 0 Å². The Bertz CT molecular complexity index is 748. The Balaban J connectivity index is 0.00000208. The van der Waals surface area contributed by atoms with Crippen LogP contribution in [0.25, 0.3) is 4.96 Å². The molecule has 9 heteroatoms. The maximum Gasteiger partial charge on any atom is 0.258 e. The summed E-state index contributed by atoms with van der Waals surface area (Å²) < 4.78 is 1.53. The van der Waals surface area contributed by atoms with Crippen molar-refractivity contribution in [2.24, 2.45) is 5.92 Å². The molecule has 0 bridgehead atoms. The van der Waals surface area contributed by atoms with Crippen LogP contribution in [0.15, 0.2) is 22.4 Å². The molecule has 1 aliphatic heterocycles. The van der Waals surface area contributed by atoms with Gasteiger partial charge < -0.3 is 10.6 Å². The first-order valence-electron chi connectivity index (χ1n) is 7.67. The van der Waals surface area contributed by atoms with Crippen LogP contribution >= 0.6 is 35.5 Å². The van der Waals surface area contributed by atoms with Crippen LogP contribution in [0.1, 0.15) is 19.0 Å². The summed E-state index contributed by atoms with van der Waals surface area (Å²) in [5.41, 5.74) is 0.654. The molecule has 6 nitrogen and oxygen atoms in total. The van der Waals surface area contributed by atoms with Gasteiger partial charge in [0.25, 0.3) is 5.56 Å². The van der Waals surface area contributed by atoms with E-state index in [2.05, 4.69) is 22.5 Å². The first-order chi connectivity index (χ1) is 11.1. The zero-order chi connectivity index (χ0) is 16.2. The summed E-state index contributed by atoms with van der Waals surface area (Å²) in [5.74, 6) is 1.50. The van der Waals surface area contributed by atoms with Gasteiger partial charge in [0.05, 0.1) is 11.4 Å². The van der Waals surface area contributed by atoms with E-state index in [9.17, 15) is 9.59 Å². The highest BCUT2D eigenvalue weighted by molar-refractivity contribution is 7.99. The molecule has 3 heterocycles. The van der Waals surface area contributed by atoms with E-state index in [0.29, 0.717) is 22.4 Å². The Kier molecular flexibility index (Phi) is 7.09. The molecule has 1 fully saturated rings. The second kappa shape index (κ2) is 8.84. The lowest BCUT2D eigenvalue weighted by Crippen LogP contribution is -2.50. The fourth-order valence-corrected chi connectivity index (χ4v) is 4.11. The average Bonchev–Trinajstić information content (AvgIpc) is 2.99. The fourth-order valence-electron chi connectivity index (χ4n) is 2.64. The van der Waals surface area contributed by atoms with Gasteiger partial charge in [-0.1, -0.05) is 6.92 Å². The fraction of sp³-hybridized carbons (Fsp3) is 0.533. The zero-order valence-corrected chi connectivity index (χ0v) is 15.8. The third kappa shape index (κ3) is 4.72. The summed E-state index contributed by atoms with van der Waals surface area (Å²) in [5, 5.41) is 8.23. The molecule has 2 atom stereocenters. The van der Waals surface area contributed by atoms with Gasteiger partial charge in [-0.3, -0.25) is 14.0 Å². The number of nitrogens with zero attached hydrogens (tertiary/aromatic N) is 2. The molecule has 132 valence electrons. The molecule has 2 unspecified atom stereocenters. The predicted molar refractivity (Wildman–Crippen MR) is 101 cm³/mol. The molecule has 2 aromatic heterocycles. The molecule has 1 saturated heterocycles. The Labute approximate surface area is 154 Å². The second-order valence-electron chi connectivity index (χ2n) is 5.78. The van der Waals surface area contributed by atoms with E-state index in [4.69, 9.17) is 0 Å². The SMILES string of the molecule is CC1CCNCC1NC(=O)CSCc1cc(=O)n2ccsc2n1.Cl. The molecule has 24 heavy (non-hydrogen) atoms. The Morgan fingerprint density at radius 2 is 2.42 bits per heavy atom. The maximum atomic E-state index is 12.0. The van der Waals surface area contributed by atoms with Crippen LogP contribution in [-0.4, -0.2) is 40.2 Å². The molecule has 2 N–H and O–H groups in total. The molecule has 2 aromatic rings. The lowest BCUT2D eigenvalue weighted by Gasteiger charge is -2.30. The highest BCUT2D eigenvalue weighted by Crippen LogP contribution is 2.14. The van der Waals surface area contributed by atoms with Crippen LogP contribution < -0.4 is 16.2 Å². The lowest BCUT2D eigenvalue weighted by molar-refractivity contribution is -0.119. The van der Waals surface area contributed by atoms with Gasteiger partial charge in [0.15, 0.2) is 4.96 Å². The van der Waals surface area contributed by atoms with Crippen molar-refractivity contribution < 1.29 is 4.79 Å². The van der Waals surface area contributed by atoms with Gasteiger partial charge >= 0.3 is 0 Å². The van der Waals surface area contributed by atoms with Crippen molar-refractivity contribution in [3.63, 3.8) is 0 Å². The topological polar surface area (TPSA) is 75.5 Å². The summed E-state index contributed by atoms with van der Waals surface area (Å²) >= 11 is 2.92. The average molecular weight is 389 g/mol. The predicted octanol–water partition coefficient (Wildman–Crippen LogP) is 1.53. The molecule has 1 aliphatic rings. The van der Waals surface area contributed by atoms with Crippen molar-refractivity contribution >= 4 is 46.4 Å². The largest absolute Gasteiger partial charge is 0.351 e. The van der Waals surface area contributed by atoms with Gasteiger partial charge in [-0.25, -0.2) is 4.98 Å². The molecular formula is C15H21ClN4O2S2. The molecule has 3 rings (SSSR count). The first-order valence-corrected chi connectivity index (χ1v) is 9.70. The van der Waals surface area contributed by atoms with Crippen molar-refractivity contribution in [2.45, 2.75) is 25.1 Å². The number of rotatable bonds is 5. The summed E-state index contributed by atoms with van der Waals surface area (Å²) in [6, 6.07) is 1.75. The number of hydrogen-bond donors (Lipinski definition) is 2. The van der Waals surface area contributed by atoms with Crippen LogP contribution in [0.4, 0.5) is 0 Å². The van der Waals surface area contributed by atoms with E-state index in [1.165, 1.54) is 33.6 Å². The second-order valence-corrected chi connectivity index (χ2v) is 7.64. The number of fused-ring (bicyclic) bond motifs is 1. The van der Waals surface area contributed by atoms with Crippen LogP contribution in [0.5, 0.6) is 0 Å².